The standard InChI is InChI=1S/C13H13FN4O2S/c14-11-3-1-9(2-4-11)8-21(19,20)18-6-10-5-16-13(15)17-12(10)7-18/h1-5H,6-8H2,(H2,15,16,17). The lowest BCUT2D eigenvalue weighted by atomic mass is 10.2. The van der Waals surface area contributed by atoms with E-state index in [1.807, 2.05) is 0 Å². The van der Waals surface area contributed by atoms with E-state index in [1.165, 1.54) is 28.6 Å². The fourth-order valence-corrected chi connectivity index (χ4v) is 3.67. The normalized spacial score (nSPS) is 15.1. The maximum atomic E-state index is 12.9. The number of aromatic nitrogens is 2. The largest absolute Gasteiger partial charge is 0.368 e. The van der Waals surface area contributed by atoms with E-state index in [4.69, 9.17) is 5.73 Å². The predicted molar refractivity (Wildman–Crippen MR) is 74.7 cm³/mol. The highest BCUT2D eigenvalue weighted by Gasteiger charge is 2.30. The second kappa shape index (κ2) is 5.05. The van der Waals surface area contributed by atoms with Gasteiger partial charge in [-0.3, -0.25) is 0 Å². The smallest absolute Gasteiger partial charge is 0.220 e. The highest BCUT2D eigenvalue weighted by atomic mass is 32.2. The number of nitrogens with zero attached hydrogens (tertiary/aromatic N) is 3. The molecule has 1 aliphatic heterocycles. The van der Waals surface area contributed by atoms with Crippen molar-refractivity contribution in [2.24, 2.45) is 0 Å². The first-order valence-electron chi connectivity index (χ1n) is 6.26. The number of anilines is 1. The summed E-state index contributed by atoms with van der Waals surface area (Å²) in [5.41, 5.74) is 7.42. The van der Waals surface area contributed by atoms with E-state index in [0.29, 0.717) is 11.3 Å². The molecule has 0 saturated heterocycles. The third-order valence-electron chi connectivity index (χ3n) is 3.30. The molecule has 6 nitrogen and oxygen atoms in total. The van der Waals surface area contributed by atoms with Gasteiger partial charge in [0, 0.05) is 18.3 Å². The van der Waals surface area contributed by atoms with E-state index < -0.39 is 15.8 Å². The Morgan fingerprint density at radius 3 is 2.67 bits per heavy atom. The fourth-order valence-electron chi connectivity index (χ4n) is 2.22. The summed E-state index contributed by atoms with van der Waals surface area (Å²) in [7, 11) is -3.50. The SMILES string of the molecule is Nc1ncc2c(n1)CN(S(=O)(=O)Cc1ccc(F)cc1)C2. The molecule has 110 valence electrons. The van der Waals surface area contributed by atoms with E-state index in [2.05, 4.69) is 9.97 Å². The van der Waals surface area contributed by atoms with Crippen LogP contribution in [0.5, 0.6) is 0 Å². The van der Waals surface area contributed by atoms with E-state index >= 15 is 0 Å². The second-order valence-corrected chi connectivity index (χ2v) is 6.82. The molecule has 1 aromatic carbocycles. The fraction of sp³-hybridized carbons (Fsp3) is 0.231. The Balaban J connectivity index is 1.79. The van der Waals surface area contributed by atoms with Crippen molar-refractivity contribution >= 4 is 16.0 Å². The van der Waals surface area contributed by atoms with Gasteiger partial charge in [-0.25, -0.2) is 22.8 Å². The molecule has 8 heteroatoms. The van der Waals surface area contributed by atoms with Crippen LogP contribution in [0, 0.1) is 5.82 Å². The van der Waals surface area contributed by atoms with Crippen molar-refractivity contribution in [3.8, 4) is 0 Å². The zero-order valence-corrected chi connectivity index (χ0v) is 11.8. The van der Waals surface area contributed by atoms with Gasteiger partial charge >= 0.3 is 0 Å². The maximum absolute atomic E-state index is 12.9. The van der Waals surface area contributed by atoms with Gasteiger partial charge in [0.25, 0.3) is 0 Å². The lowest BCUT2D eigenvalue weighted by Crippen LogP contribution is -2.27. The molecule has 0 radical (unpaired) electrons. The molecule has 0 fully saturated rings. The lowest BCUT2D eigenvalue weighted by molar-refractivity contribution is 0.429. The summed E-state index contributed by atoms with van der Waals surface area (Å²) < 4.78 is 39.0. The van der Waals surface area contributed by atoms with Gasteiger partial charge in [0.15, 0.2) is 0 Å². The number of halogens is 1. The van der Waals surface area contributed by atoms with Gasteiger partial charge in [-0.15, -0.1) is 0 Å². The number of nitrogen functional groups attached to an aromatic ring is 1. The van der Waals surface area contributed by atoms with E-state index in [0.717, 1.165) is 5.56 Å². The predicted octanol–water partition coefficient (Wildman–Crippen LogP) is 1.04. The maximum Gasteiger partial charge on any atom is 0.220 e. The van der Waals surface area contributed by atoms with Gasteiger partial charge in [-0.1, -0.05) is 12.1 Å². The summed E-state index contributed by atoms with van der Waals surface area (Å²) in [6.45, 7) is 0.421. The molecule has 0 bridgehead atoms. The number of hydrogen-bond acceptors (Lipinski definition) is 5. The first kappa shape index (κ1) is 13.9. The molecule has 21 heavy (non-hydrogen) atoms. The molecule has 0 atom stereocenters. The molecule has 1 aromatic heterocycles. The van der Waals surface area contributed by atoms with Crippen molar-refractivity contribution in [3.05, 3.63) is 53.1 Å². The molecule has 0 amide bonds. The molecule has 0 aliphatic carbocycles. The van der Waals surface area contributed by atoms with Gasteiger partial charge < -0.3 is 5.73 Å². The molecule has 2 heterocycles. The molecule has 0 saturated carbocycles. The third-order valence-corrected chi connectivity index (χ3v) is 5.04. The quantitative estimate of drug-likeness (QED) is 0.915. The highest BCUT2D eigenvalue weighted by molar-refractivity contribution is 7.88. The van der Waals surface area contributed by atoms with E-state index in [1.54, 1.807) is 6.20 Å². The van der Waals surface area contributed by atoms with Gasteiger partial charge in [0.2, 0.25) is 16.0 Å². The molecule has 3 rings (SSSR count). The van der Waals surface area contributed by atoms with E-state index in [-0.39, 0.29) is 24.8 Å². The third kappa shape index (κ3) is 2.86. The summed E-state index contributed by atoms with van der Waals surface area (Å²) in [6, 6.07) is 5.42. The van der Waals surface area contributed by atoms with Crippen LogP contribution in [0.2, 0.25) is 0 Å². The van der Waals surface area contributed by atoms with Gasteiger partial charge in [0.1, 0.15) is 5.82 Å². The molecule has 2 N–H and O–H groups in total. The minimum Gasteiger partial charge on any atom is -0.368 e. The number of sulfonamides is 1. The summed E-state index contributed by atoms with van der Waals surface area (Å²) >= 11 is 0. The van der Waals surface area contributed by atoms with Crippen molar-refractivity contribution in [1.82, 2.24) is 14.3 Å². The Morgan fingerprint density at radius 1 is 1.24 bits per heavy atom. The van der Waals surface area contributed by atoms with Gasteiger partial charge in [-0.05, 0) is 17.7 Å². The Morgan fingerprint density at radius 2 is 1.95 bits per heavy atom. The summed E-state index contributed by atoms with van der Waals surface area (Å²) in [5, 5.41) is 0. The van der Waals surface area contributed by atoms with E-state index in [9.17, 15) is 12.8 Å². The molecule has 2 aromatic rings. The average molecular weight is 308 g/mol. The Kier molecular flexibility index (Phi) is 3.34. The van der Waals surface area contributed by atoms with Crippen molar-refractivity contribution in [2.75, 3.05) is 5.73 Å². The van der Waals surface area contributed by atoms with Crippen molar-refractivity contribution in [2.45, 2.75) is 18.8 Å². The zero-order valence-electron chi connectivity index (χ0n) is 11.0. The second-order valence-electron chi connectivity index (χ2n) is 4.85. The van der Waals surface area contributed by atoms with Crippen LogP contribution >= 0.6 is 0 Å². The molecule has 1 aliphatic rings. The van der Waals surface area contributed by atoms with Crippen LogP contribution < -0.4 is 5.73 Å². The first-order chi connectivity index (χ1) is 9.94. The van der Waals surface area contributed by atoms with Crippen LogP contribution in [0.15, 0.2) is 30.5 Å². The Hall–Kier alpha value is -2.06. The minimum absolute atomic E-state index is 0.131. The summed E-state index contributed by atoms with van der Waals surface area (Å²) in [5.74, 6) is -0.438. The van der Waals surface area contributed by atoms with Crippen LogP contribution in [-0.2, 0) is 28.9 Å². The van der Waals surface area contributed by atoms with Crippen LogP contribution in [0.1, 0.15) is 16.8 Å². The summed E-state index contributed by atoms with van der Waals surface area (Å²) in [6.07, 6.45) is 1.55. The van der Waals surface area contributed by atoms with Crippen molar-refractivity contribution in [1.29, 1.82) is 0 Å². The molecule has 0 unspecified atom stereocenters. The van der Waals surface area contributed by atoms with Crippen LogP contribution in [0.3, 0.4) is 0 Å². The minimum atomic E-state index is -3.50. The van der Waals surface area contributed by atoms with Crippen LogP contribution in [0.4, 0.5) is 10.3 Å². The monoisotopic (exact) mass is 308 g/mol. The highest BCUT2D eigenvalue weighted by Crippen LogP contribution is 2.25. The number of hydrogen-bond donors (Lipinski definition) is 1. The first-order valence-corrected chi connectivity index (χ1v) is 7.87. The Labute approximate surface area is 121 Å². The average Bonchev–Trinajstić information content (AvgIpc) is 2.85. The molecular formula is C13H13FN4O2S. The molecular weight excluding hydrogens is 295 g/mol. The van der Waals surface area contributed by atoms with Gasteiger partial charge in [0.05, 0.1) is 18.0 Å². The van der Waals surface area contributed by atoms with Crippen molar-refractivity contribution < 1.29 is 12.8 Å². The van der Waals surface area contributed by atoms with Crippen molar-refractivity contribution in [3.63, 3.8) is 0 Å². The number of rotatable bonds is 3. The lowest BCUT2D eigenvalue weighted by Gasteiger charge is -2.15. The van der Waals surface area contributed by atoms with Crippen LogP contribution in [0.25, 0.3) is 0 Å². The molecule has 0 spiro atoms. The number of fused-ring (bicyclic) bond motifs is 1. The van der Waals surface area contributed by atoms with Gasteiger partial charge in [-0.2, -0.15) is 4.31 Å². The number of nitrogens with two attached hydrogens (primary N) is 1. The topological polar surface area (TPSA) is 89.2 Å². The summed E-state index contributed by atoms with van der Waals surface area (Å²) in [4.78, 5) is 7.91. The van der Waals surface area contributed by atoms with Crippen LogP contribution in [-0.4, -0.2) is 22.7 Å². The number of benzene rings is 1. The Bertz CT molecular complexity index is 777. The zero-order chi connectivity index (χ0) is 15.0.